The van der Waals surface area contributed by atoms with Gasteiger partial charge in [-0.15, -0.1) is 0 Å². The van der Waals surface area contributed by atoms with Gasteiger partial charge < -0.3 is 5.32 Å². The Morgan fingerprint density at radius 3 is 2.60 bits per heavy atom. The molecule has 0 saturated carbocycles. The van der Waals surface area contributed by atoms with Crippen molar-refractivity contribution < 1.29 is 24.0 Å². The predicted octanol–water partition coefficient (Wildman–Crippen LogP) is 0.477. The minimum absolute atomic E-state index is 0.0658. The van der Waals surface area contributed by atoms with Crippen LogP contribution in [0.5, 0.6) is 0 Å². The highest BCUT2D eigenvalue weighted by molar-refractivity contribution is 6.25. The maximum atomic E-state index is 12.8. The zero-order valence-electron chi connectivity index (χ0n) is 13.8. The van der Waals surface area contributed by atoms with Crippen LogP contribution in [0.25, 0.3) is 0 Å². The van der Waals surface area contributed by atoms with Crippen LogP contribution in [-0.2, 0) is 14.4 Å². The van der Waals surface area contributed by atoms with E-state index >= 15 is 0 Å². The van der Waals surface area contributed by atoms with Crippen molar-refractivity contribution in [1.29, 1.82) is 0 Å². The van der Waals surface area contributed by atoms with E-state index in [1.165, 1.54) is 13.0 Å². The van der Waals surface area contributed by atoms with Crippen LogP contribution in [0.4, 0.5) is 5.69 Å². The van der Waals surface area contributed by atoms with Crippen molar-refractivity contribution in [3.63, 3.8) is 0 Å². The van der Waals surface area contributed by atoms with Gasteiger partial charge in [-0.05, 0) is 32.4 Å². The quantitative estimate of drug-likeness (QED) is 0.769. The van der Waals surface area contributed by atoms with Crippen molar-refractivity contribution >= 4 is 35.1 Å². The smallest absolute Gasteiger partial charge is 0.264 e. The summed E-state index contributed by atoms with van der Waals surface area (Å²) in [6.07, 6.45) is 0.166. The number of carbonyl (C=O) groups excluding carboxylic acids is 5. The van der Waals surface area contributed by atoms with E-state index in [0.717, 1.165) is 4.90 Å². The van der Waals surface area contributed by atoms with Crippen LogP contribution >= 0.6 is 0 Å². The Morgan fingerprint density at radius 2 is 1.96 bits per heavy atom. The van der Waals surface area contributed by atoms with Crippen molar-refractivity contribution in [3.8, 4) is 0 Å². The maximum Gasteiger partial charge on any atom is 0.264 e. The molecule has 1 fully saturated rings. The van der Waals surface area contributed by atoms with E-state index in [9.17, 15) is 24.0 Å². The first-order valence-corrected chi connectivity index (χ1v) is 7.93. The van der Waals surface area contributed by atoms with Gasteiger partial charge >= 0.3 is 0 Å². The number of imide groups is 2. The zero-order valence-corrected chi connectivity index (χ0v) is 13.8. The number of rotatable bonds is 4. The van der Waals surface area contributed by atoms with Gasteiger partial charge in [0.2, 0.25) is 11.8 Å². The Bertz CT molecular complexity index is 817. The van der Waals surface area contributed by atoms with Crippen LogP contribution in [0.2, 0.25) is 0 Å². The average molecular weight is 343 g/mol. The SMILES string of the molecule is CC(=O)[C@H](C)Nc1cccc2c1C(=O)N(C1CCC(=O)NC1=O)C2=O. The summed E-state index contributed by atoms with van der Waals surface area (Å²) in [6.45, 7) is 3.07. The molecule has 1 aromatic rings. The number of nitrogens with one attached hydrogen (secondary N) is 2. The summed E-state index contributed by atoms with van der Waals surface area (Å²) in [4.78, 5) is 61.2. The molecule has 8 heteroatoms. The second kappa shape index (κ2) is 6.12. The Morgan fingerprint density at radius 1 is 1.24 bits per heavy atom. The van der Waals surface area contributed by atoms with Gasteiger partial charge in [0.05, 0.1) is 17.2 Å². The predicted molar refractivity (Wildman–Crippen MR) is 86.9 cm³/mol. The number of hydrogen-bond acceptors (Lipinski definition) is 6. The van der Waals surface area contributed by atoms with Crippen molar-refractivity contribution in [2.75, 3.05) is 5.32 Å². The van der Waals surface area contributed by atoms with Gasteiger partial charge in [0, 0.05) is 12.1 Å². The Hall–Kier alpha value is -3.03. The van der Waals surface area contributed by atoms with Crippen molar-refractivity contribution in [2.45, 2.75) is 38.8 Å². The summed E-state index contributed by atoms with van der Waals surface area (Å²) in [6, 6.07) is 3.18. The van der Waals surface area contributed by atoms with E-state index < -0.39 is 35.7 Å². The molecule has 4 amide bonds. The number of fused-ring (bicyclic) bond motifs is 1. The summed E-state index contributed by atoms with van der Waals surface area (Å²) >= 11 is 0. The molecule has 25 heavy (non-hydrogen) atoms. The standard InChI is InChI=1S/C17H17N3O5/c1-8(9(2)21)18-11-5-3-4-10-14(11)17(25)20(16(10)24)12-6-7-13(22)19-15(12)23/h3-5,8,12,18H,6-7H2,1-2H3,(H,19,22,23)/t8-,12?/m0/s1. The monoisotopic (exact) mass is 343 g/mol. The first kappa shape index (κ1) is 16.8. The molecule has 2 atom stereocenters. The summed E-state index contributed by atoms with van der Waals surface area (Å²) in [5.41, 5.74) is 0.689. The summed E-state index contributed by atoms with van der Waals surface area (Å²) in [5.74, 6) is -2.37. The molecule has 0 radical (unpaired) electrons. The topological polar surface area (TPSA) is 113 Å². The lowest BCUT2D eigenvalue weighted by atomic mass is 10.0. The van der Waals surface area contributed by atoms with E-state index in [1.54, 1.807) is 19.1 Å². The molecule has 0 bridgehead atoms. The largest absolute Gasteiger partial charge is 0.375 e. The molecular formula is C17H17N3O5. The van der Waals surface area contributed by atoms with Gasteiger partial charge in [-0.3, -0.25) is 34.2 Å². The molecule has 8 nitrogen and oxygen atoms in total. The lowest BCUT2D eigenvalue weighted by Crippen LogP contribution is -2.54. The molecule has 2 aliphatic rings. The molecule has 0 aromatic heterocycles. The second-order valence-electron chi connectivity index (χ2n) is 6.15. The molecule has 2 heterocycles. The van der Waals surface area contributed by atoms with Gasteiger partial charge in [-0.2, -0.15) is 0 Å². The fourth-order valence-corrected chi connectivity index (χ4v) is 2.97. The molecule has 0 spiro atoms. The van der Waals surface area contributed by atoms with Gasteiger partial charge in [0.15, 0.2) is 5.78 Å². The first-order valence-electron chi connectivity index (χ1n) is 7.93. The van der Waals surface area contributed by atoms with Gasteiger partial charge in [-0.25, -0.2) is 0 Å². The van der Waals surface area contributed by atoms with Gasteiger partial charge in [0.25, 0.3) is 11.8 Å². The summed E-state index contributed by atoms with van der Waals surface area (Å²) < 4.78 is 0. The van der Waals surface area contributed by atoms with Crippen LogP contribution in [-0.4, -0.2) is 46.4 Å². The number of ketones is 1. The number of piperidine rings is 1. The molecule has 2 N–H and O–H groups in total. The van der Waals surface area contributed by atoms with Crippen molar-refractivity contribution in [3.05, 3.63) is 29.3 Å². The van der Waals surface area contributed by atoms with E-state index in [1.807, 2.05) is 0 Å². The highest BCUT2D eigenvalue weighted by atomic mass is 16.2. The molecule has 130 valence electrons. The van der Waals surface area contributed by atoms with E-state index in [2.05, 4.69) is 10.6 Å². The van der Waals surface area contributed by atoms with Crippen molar-refractivity contribution in [2.24, 2.45) is 0 Å². The summed E-state index contributed by atoms with van der Waals surface area (Å²) in [5, 5.41) is 5.08. The number of hydrogen-bond donors (Lipinski definition) is 2. The second-order valence-corrected chi connectivity index (χ2v) is 6.15. The number of amides is 4. The number of nitrogens with zero attached hydrogens (tertiary/aromatic N) is 1. The van der Waals surface area contributed by atoms with Crippen molar-refractivity contribution in [1.82, 2.24) is 10.2 Å². The normalized spacial score (nSPS) is 21.0. The van der Waals surface area contributed by atoms with Crippen LogP contribution in [0.15, 0.2) is 18.2 Å². The minimum Gasteiger partial charge on any atom is -0.375 e. The lowest BCUT2D eigenvalue weighted by molar-refractivity contribution is -0.136. The van der Waals surface area contributed by atoms with Crippen LogP contribution in [0.1, 0.15) is 47.4 Å². The number of Topliss-reactive ketones (excluding diaryl/α,β-unsaturated/α-hetero) is 1. The van der Waals surface area contributed by atoms with Crippen LogP contribution in [0, 0.1) is 0 Å². The third-order valence-corrected chi connectivity index (χ3v) is 4.45. The molecule has 1 unspecified atom stereocenters. The third-order valence-electron chi connectivity index (χ3n) is 4.45. The molecule has 1 aromatic carbocycles. The number of benzene rings is 1. The molecule has 2 aliphatic heterocycles. The first-order chi connectivity index (χ1) is 11.8. The maximum absolute atomic E-state index is 12.8. The molecular weight excluding hydrogens is 326 g/mol. The molecule has 3 rings (SSSR count). The van der Waals surface area contributed by atoms with Crippen LogP contribution in [0.3, 0.4) is 0 Å². The molecule has 1 saturated heterocycles. The van der Waals surface area contributed by atoms with E-state index in [4.69, 9.17) is 0 Å². The highest BCUT2D eigenvalue weighted by Gasteiger charge is 2.45. The Kier molecular flexibility index (Phi) is 4.12. The number of carbonyl (C=O) groups is 5. The summed E-state index contributed by atoms with van der Waals surface area (Å²) in [7, 11) is 0. The average Bonchev–Trinajstić information content (AvgIpc) is 2.80. The lowest BCUT2D eigenvalue weighted by Gasteiger charge is -2.27. The Balaban J connectivity index is 1.95. The fourth-order valence-electron chi connectivity index (χ4n) is 2.97. The highest BCUT2D eigenvalue weighted by Crippen LogP contribution is 2.32. The number of anilines is 1. The van der Waals surface area contributed by atoms with E-state index in [0.29, 0.717) is 5.69 Å². The van der Waals surface area contributed by atoms with E-state index in [-0.39, 0.29) is 29.8 Å². The van der Waals surface area contributed by atoms with Gasteiger partial charge in [-0.1, -0.05) is 6.07 Å². The molecule has 0 aliphatic carbocycles. The third kappa shape index (κ3) is 2.79. The van der Waals surface area contributed by atoms with Gasteiger partial charge in [0.1, 0.15) is 6.04 Å². The minimum atomic E-state index is -1.01. The van der Waals surface area contributed by atoms with Crippen LogP contribution < -0.4 is 10.6 Å². The fraction of sp³-hybridized carbons (Fsp3) is 0.353. The zero-order chi connectivity index (χ0) is 18.3. The Labute approximate surface area is 143 Å².